The number of fused-ring (bicyclic) bond motifs is 6. The molecule has 1 aliphatic carbocycles. The Bertz CT molecular complexity index is 1280. The number of rotatable bonds is 2. The first kappa shape index (κ1) is 21.0. The first-order chi connectivity index (χ1) is 14.1. The van der Waals surface area contributed by atoms with E-state index < -0.39 is 0 Å². The van der Waals surface area contributed by atoms with E-state index >= 15 is 0 Å². The minimum atomic E-state index is 0. The van der Waals surface area contributed by atoms with Crippen LogP contribution in [0.5, 0.6) is 0 Å². The predicted octanol–water partition coefficient (Wildman–Crippen LogP) is 5.57. The molecule has 0 bridgehead atoms. The van der Waals surface area contributed by atoms with Crippen LogP contribution in [-0.4, -0.2) is 17.6 Å². The van der Waals surface area contributed by atoms with Gasteiger partial charge in [-0.25, -0.2) is 0 Å². The Balaban J connectivity index is 0.00000218. The quantitative estimate of drug-likeness (QED) is 0.347. The van der Waals surface area contributed by atoms with Gasteiger partial charge >= 0.3 is 0 Å². The minimum absolute atomic E-state index is 0. The van der Waals surface area contributed by atoms with Crippen molar-refractivity contribution in [2.24, 2.45) is 0 Å². The Hall–Kier alpha value is -2.29. The van der Waals surface area contributed by atoms with Crippen LogP contribution in [0.1, 0.15) is 37.5 Å². The van der Waals surface area contributed by atoms with Gasteiger partial charge in [-0.2, -0.15) is 0 Å². The van der Waals surface area contributed by atoms with E-state index in [1.807, 2.05) is 0 Å². The maximum absolute atomic E-state index is 2.56. The summed E-state index contributed by atoms with van der Waals surface area (Å²) in [5, 5.41) is 5.43. The number of halogens is 1. The van der Waals surface area contributed by atoms with Gasteiger partial charge in [-0.3, -0.25) is 4.48 Å². The number of aryl methyl sites for hydroxylation is 1. The van der Waals surface area contributed by atoms with E-state index in [1.165, 1.54) is 55.0 Å². The van der Waals surface area contributed by atoms with E-state index in [0.717, 1.165) is 24.1 Å². The molecule has 0 fully saturated rings. The monoisotopic (exact) mass is 459 g/mol. The van der Waals surface area contributed by atoms with Gasteiger partial charge in [0.2, 0.25) is 0 Å². The molecule has 1 aliphatic heterocycles. The lowest BCUT2D eigenvalue weighted by Crippen LogP contribution is -2.42. The zero-order valence-electron chi connectivity index (χ0n) is 18.3. The Kier molecular flexibility index (Phi) is 5.42. The lowest BCUT2D eigenvalue weighted by Gasteiger charge is -2.30. The van der Waals surface area contributed by atoms with Gasteiger partial charge in [0.15, 0.2) is 11.8 Å². The highest BCUT2D eigenvalue weighted by molar-refractivity contribution is 8.93. The highest BCUT2D eigenvalue weighted by Gasteiger charge is 2.39. The smallest absolute Gasteiger partial charge is 0.179 e. The largest absolute Gasteiger partial charge is 0.256 e. The molecule has 0 saturated heterocycles. The molecule has 3 aromatic carbocycles. The van der Waals surface area contributed by atoms with Gasteiger partial charge in [0.1, 0.15) is 6.54 Å². The lowest BCUT2D eigenvalue weighted by atomic mass is 9.80. The summed E-state index contributed by atoms with van der Waals surface area (Å²) < 4.78 is 0.998. The van der Waals surface area contributed by atoms with Crippen LogP contribution in [0.3, 0.4) is 0 Å². The lowest BCUT2D eigenvalue weighted by molar-refractivity contribution is -0.889. The summed E-state index contributed by atoms with van der Waals surface area (Å²) in [6, 6.07) is 20.2. The second kappa shape index (κ2) is 7.76. The molecular weight excluding hydrogens is 430 g/mol. The van der Waals surface area contributed by atoms with Crippen LogP contribution in [0.15, 0.2) is 66.4 Å². The number of nitrogens with zero attached hydrogens (tertiary/aromatic N) is 1. The first-order valence-electron chi connectivity index (χ1n) is 10.8. The molecule has 152 valence electrons. The summed E-state index contributed by atoms with van der Waals surface area (Å²) in [5.74, 6) is 1.38. The summed E-state index contributed by atoms with van der Waals surface area (Å²) in [6.45, 7) is 12.5. The molecule has 0 radical (unpaired) electrons. The van der Waals surface area contributed by atoms with Gasteiger partial charge in [-0.1, -0.05) is 42.5 Å². The van der Waals surface area contributed by atoms with Crippen LogP contribution in [-0.2, 0) is 6.54 Å². The zero-order valence-corrected chi connectivity index (χ0v) is 20.0. The molecule has 0 N–H and O–H groups in total. The van der Waals surface area contributed by atoms with Crippen molar-refractivity contribution in [3.8, 4) is 0 Å². The van der Waals surface area contributed by atoms with Crippen molar-refractivity contribution < 1.29 is 4.48 Å². The molecule has 30 heavy (non-hydrogen) atoms. The molecule has 0 spiro atoms. The molecule has 5 rings (SSSR count). The molecule has 3 aromatic rings. The van der Waals surface area contributed by atoms with Crippen molar-refractivity contribution >= 4 is 39.4 Å². The van der Waals surface area contributed by atoms with E-state index in [9.17, 15) is 0 Å². The van der Waals surface area contributed by atoms with Crippen molar-refractivity contribution in [1.82, 2.24) is 0 Å². The van der Waals surface area contributed by atoms with Crippen molar-refractivity contribution in [2.75, 3.05) is 13.1 Å². The van der Waals surface area contributed by atoms with Gasteiger partial charge < -0.3 is 0 Å². The van der Waals surface area contributed by atoms with Crippen LogP contribution in [0.2, 0.25) is 0 Å². The molecule has 0 amide bonds. The number of benzene rings is 3. The molecule has 1 nitrogen and oxygen atoms in total. The summed E-state index contributed by atoms with van der Waals surface area (Å²) >= 11 is 0. The van der Waals surface area contributed by atoms with Crippen molar-refractivity contribution in [2.45, 2.75) is 34.2 Å². The van der Waals surface area contributed by atoms with Crippen LogP contribution >= 0.6 is 17.0 Å². The van der Waals surface area contributed by atoms with Gasteiger partial charge in [0.05, 0.1) is 29.1 Å². The molecule has 2 heteroatoms. The summed E-state index contributed by atoms with van der Waals surface area (Å²) in [7, 11) is 0. The van der Waals surface area contributed by atoms with Crippen LogP contribution in [0, 0.1) is 12.8 Å². The van der Waals surface area contributed by atoms with E-state index in [0.29, 0.717) is 0 Å². The van der Waals surface area contributed by atoms with Crippen LogP contribution < -0.4 is 10.4 Å². The average molecular weight is 460 g/mol. The molecular formula is C28H30BrN+2. The molecule has 0 saturated carbocycles. The third kappa shape index (κ3) is 3.05. The maximum Gasteiger partial charge on any atom is 0.179 e. The molecule has 0 aromatic heterocycles. The fraction of sp³-hybridized carbons (Fsp3) is 0.250. The normalized spacial score (nSPS) is 16.5. The van der Waals surface area contributed by atoms with Crippen molar-refractivity contribution in [3.63, 3.8) is 0 Å². The summed E-state index contributed by atoms with van der Waals surface area (Å²) in [6.07, 6.45) is 4.93. The van der Waals surface area contributed by atoms with E-state index in [4.69, 9.17) is 0 Å². The third-order valence-corrected chi connectivity index (χ3v) is 7.06. The second-order valence-electron chi connectivity index (χ2n) is 8.61. The standard InChI is InChI=1S/C28H29N.BrH/c1-5-29(6-2)17-25-19(3)15-21-11-7-9-13-23(21)27(25)28-24-14-10-8-12-22(24)16-20(4)26(28)18-29;/h7-17H,5-6,18H2,1-4H3;1H/q+2;. The van der Waals surface area contributed by atoms with Crippen molar-refractivity contribution in [1.29, 1.82) is 0 Å². The number of allylic oxidation sites excluding steroid dienone is 1. The highest BCUT2D eigenvalue weighted by atomic mass is 79.9. The van der Waals surface area contributed by atoms with Crippen LogP contribution in [0.25, 0.3) is 22.4 Å². The highest BCUT2D eigenvalue weighted by Crippen LogP contribution is 2.42. The number of hydrogen-bond acceptors (Lipinski definition) is 0. The van der Waals surface area contributed by atoms with Gasteiger partial charge in [0.25, 0.3) is 0 Å². The maximum atomic E-state index is 2.56. The minimum Gasteiger partial charge on any atom is -0.256 e. The van der Waals surface area contributed by atoms with E-state index in [1.54, 1.807) is 0 Å². The topological polar surface area (TPSA) is 0 Å². The fourth-order valence-corrected chi connectivity index (χ4v) is 5.22. The Morgan fingerprint density at radius 3 is 2.43 bits per heavy atom. The van der Waals surface area contributed by atoms with E-state index in [2.05, 4.69) is 94.6 Å². The summed E-state index contributed by atoms with van der Waals surface area (Å²) in [5.41, 5.74) is 7.22. The second-order valence-corrected chi connectivity index (χ2v) is 8.61. The predicted molar refractivity (Wildman–Crippen MR) is 134 cm³/mol. The average Bonchev–Trinajstić information content (AvgIpc) is 2.90. The van der Waals surface area contributed by atoms with Crippen molar-refractivity contribution in [3.05, 3.63) is 99.4 Å². The van der Waals surface area contributed by atoms with Crippen LogP contribution in [0.4, 0.5) is 0 Å². The fourth-order valence-electron chi connectivity index (χ4n) is 5.22. The van der Waals surface area contributed by atoms with Gasteiger partial charge in [-0.05, 0) is 50.8 Å². The first-order valence-corrected chi connectivity index (χ1v) is 10.8. The third-order valence-electron chi connectivity index (χ3n) is 7.06. The number of quaternary nitrogens is 1. The molecule has 2 aliphatic rings. The van der Waals surface area contributed by atoms with E-state index in [-0.39, 0.29) is 17.0 Å². The zero-order chi connectivity index (χ0) is 20.2. The summed E-state index contributed by atoms with van der Waals surface area (Å²) in [4.78, 5) is 0. The Labute approximate surface area is 190 Å². The molecule has 1 heterocycles. The number of hydrogen-bond donors (Lipinski definition) is 0. The molecule has 0 atom stereocenters. The van der Waals surface area contributed by atoms with Gasteiger partial charge in [0, 0.05) is 28.5 Å². The Morgan fingerprint density at radius 1 is 0.967 bits per heavy atom. The Morgan fingerprint density at radius 2 is 1.67 bits per heavy atom. The van der Waals surface area contributed by atoms with Gasteiger partial charge in [-0.15, -0.1) is 17.0 Å². The molecule has 0 unspecified atom stereocenters. The SMILES string of the molecule is Br.CC[N+]1(CC)C=C2C(=c3ccccc3=C[C+]2C)c2c(c(C)cc3ccccc23)C1.